The standard InChI is InChI=1S/C19H16F16O2/c1-9(2)7-37-11-6-4-3-5-10(11)12(36,18(30,31)32)8-13(20,21)14(22,23)15(24,25)16(26,27)17(28,29)19(33,34)35/h3-6,9,36H,7-8H2,1-2H3. The second kappa shape index (κ2) is 9.55. The van der Waals surface area contributed by atoms with Crippen molar-refractivity contribution in [2.24, 2.45) is 5.92 Å². The summed E-state index contributed by atoms with van der Waals surface area (Å²) in [6, 6.07) is 2.27. The van der Waals surface area contributed by atoms with Gasteiger partial charge in [0, 0.05) is 5.56 Å². The van der Waals surface area contributed by atoms with Crippen LogP contribution in [0.4, 0.5) is 70.2 Å². The van der Waals surface area contributed by atoms with Crippen LogP contribution in [0.5, 0.6) is 5.75 Å². The van der Waals surface area contributed by atoms with Crippen LogP contribution in [-0.2, 0) is 5.60 Å². The molecule has 1 aromatic carbocycles. The fourth-order valence-corrected chi connectivity index (χ4v) is 2.77. The van der Waals surface area contributed by atoms with E-state index in [0.717, 1.165) is 6.07 Å². The Hall–Kier alpha value is -2.14. The van der Waals surface area contributed by atoms with E-state index in [0.29, 0.717) is 12.1 Å². The van der Waals surface area contributed by atoms with Gasteiger partial charge in [0.2, 0.25) is 0 Å². The van der Waals surface area contributed by atoms with E-state index in [-0.39, 0.29) is 6.07 Å². The molecule has 0 saturated carbocycles. The molecule has 0 aliphatic rings. The van der Waals surface area contributed by atoms with E-state index in [1.54, 1.807) is 0 Å². The molecule has 0 aliphatic heterocycles. The first kappa shape index (κ1) is 32.9. The Balaban J connectivity index is 3.73. The Morgan fingerprint density at radius 2 is 1.08 bits per heavy atom. The molecule has 1 rings (SSSR count). The zero-order valence-corrected chi connectivity index (χ0v) is 18.2. The minimum atomic E-state index is -8.30. The molecule has 37 heavy (non-hydrogen) atoms. The molecule has 0 heterocycles. The van der Waals surface area contributed by atoms with Gasteiger partial charge < -0.3 is 9.84 Å². The fraction of sp³-hybridized carbons (Fsp3) is 0.684. The average Bonchev–Trinajstić information content (AvgIpc) is 2.69. The topological polar surface area (TPSA) is 29.5 Å². The number of hydrogen-bond acceptors (Lipinski definition) is 2. The van der Waals surface area contributed by atoms with Gasteiger partial charge in [-0.1, -0.05) is 32.0 Å². The molecule has 0 fully saturated rings. The SMILES string of the molecule is CC(C)COc1ccccc1C(O)(CC(F)(F)C(F)(F)C(F)(F)C(F)(F)C(F)(F)C(F)(F)F)C(F)(F)F. The van der Waals surface area contributed by atoms with Gasteiger partial charge in [-0.3, -0.25) is 0 Å². The van der Waals surface area contributed by atoms with Gasteiger partial charge in [0.1, 0.15) is 5.75 Å². The van der Waals surface area contributed by atoms with Crippen molar-refractivity contribution in [2.45, 2.75) is 67.8 Å². The van der Waals surface area contributed by atoms with Gasteiger partial charge >= 0.3 is 42.0 Å². The Morgan fingerprint density at radius 1 is 0.649 bits per heavy atom. The third-order valence-electron chi connectivity index (χ3n) is 4.85. The Kier molecular flexibility index (Phi) is 8.49. The molecule has 0 amide bonds. The maximum Gasteiger partial charge on any atom is 0.460 e. The first-order chi connectivity index (χ1) is 16.1. The first-order valence-corrected chi connectivity index (χ1v) is 9.59. The molecule has 0 spiro atoms. The van der Waals surface area contributed by atoms with E-state index < -0.39 is 77.8 Å². The number of hydrogen-bond donors (Lipinski definition) is 1. The highest BCUT2D eigenvalue weighted by molar-refractivity contribution is 5.39. The summed E-state index contributed by atoms with van der Waals surface area (Å²) in [7, 11) is 0. The van der Waals surface area contributed by atoms with Crippen molar-refractivity contribution in [3.05, 3.63) is 29.8 Å². The molecule has 0 bridgehead atoms. The van der Waals surface area contributed by atoms with Crippen molar-refractivity contribution in [3.8, 4) is 5.75 Å². The molecule has 1 aromatic rings. The average molecular weight is 580 g/mol. The van der Waals surface area contributed by atoms with Crippen molar-refractivity contribution >= 4 is 0 Å². The summed E-state index contributed by atoms with van der Waals surface area (Å²) >= 11 is 0. The highest BCUT2D eigenvalue weighted by Crippen LogP contribution is 2.62. The summed E-state index contributed by atoms with van der Waals surface area (Å²) in [4.78, 5) is 0. The van der Waals surface area contributed by atoms with Crippen LogP contribution in [0.15, 0.2) is 24.3 Å². The molecule has 2 nitrogen and oxygen atoms in total. The molecular weight excluding hydrogens is 564 g/mol. The van der Waals surface area contributed by atoms with Crippen LogP contribution in [0.3, 0.4) is 0 Å². The van der Waals surface area contributed by atoms with Gasteiger partial charge in [-0.05, 0) is 12.0 Å². The summed E-state index contributed by atoms with van der Waals surface area (Å²) in [5.41, 5.74) is -7.08. The van der Waals surface area contributed by atoms with E-state index in [2.05, 4.69) is 0 Å². The molecule has 1 unspecified atom stereocenters. The fourth-order valence-electron chi connectivity index (χ4n) is 2.77. The Bertz CT molecular complexity index is 935. The number of aliphatic hydroxyl groups is 1. The van der Waals surface area contributed by atoms with E-state index >= 15 is 0 Å². The summed E-state index contributed by atoms with van der Waals surface area (Å²) in [5.74, 6) is -41.4. The Labute approximate surface area is 197 Å². The molecule has 0 saturated heterocycles. The van der Waals surface area contributed by atoms with E-state index in [9.17, 15) is 75.4 Å². The number of halogens is 16. The predicted molar refractivity (Wildman–Crippen MR) is 92.1 cm³/mol. The molecule has 216 valence electrons. The van der Waals surface area contributed by atoms with Crippen molar-refractivity contribution in [3.63, 3.8) is 0 Å². The van der Waals surface area contributed by atoms with Crippen LogP contribution < -0.4 is 4.74 Å². The first-order valence-electron chi connectivity index (χ1n) is 9.59. The van der Waals surface area contributed by atoms with Crippen LogP contribution in [0.2, 0.25) is 0 Å². The normalized spacial score (nSPS) is 16.6. The monoisotopic (exact) mass is 580 g/mol. The van der Waals surface area contributed by atoms with Crippen LogP contribution in [0.1, 0.15) is 25.8 Å². The van der Waals surface area contributed by atoms with Crippen LogP contribution >= 0.6 is 0 Å². The number of alkyl halides is 16. The second-order valence-electron chi connectivity index (χ2n) is 8.24. The highest BCUT2D eigenvalue weighted by atomic mass is 19.4. The summed E-state index contributed by atoms with van der Waals surface area (Å²) in [5, 5.41) is 10.0. The second-order valence-corrected chi connectivity index (χ2v) is 8.24. The lowest BCUT2D eigenvalue weighted by Gasteiger charge is -2.42. The summed E-state index contributed by atoms with van der Waals surface area (Å²) < 4.78 is 219. The van der Waals surface area contributed by atoms with Gasteiger partial charge in [-0.15, -0.1) is 0 Å². The van der Waals surface area contributed by atoms with E-state index in [4.69, 9.17) is 4.74 Å². The lowest BCUT2D eigenvalue weighted by atomic mass is 9.82. The molecule has 18 heteroatoms. The predicted octanol–water partition coefficient (Wildman–Crippen LogP) is 7.60. The largest absolute Gasteiger partial charge is 0.493 e. The zero-order chi connectivity index (χ0) is 29.7. The number of benzene rings is 1. The highest BCUT2D eigenvalue weighted by Gasteiger charge is 2.91. The van der Waals surface area contributed by atoms with Crippen LogP contribution in [-0.4, -0.2) is 53.7 Å². The number of rotatable bonds is 10. The van der Waals surface area contributed by atoms with Crippen molar-refractivity contribution < 1.29 is 80.1 Å². The molecule has 0 aromatic heterocycles. The van der Waals surface area contributed by atoms with Gasteiger partial charge in [0.15, 0.2) is 5.60 Å². The molecular formula is C19H16F16O2. The maximum absolute atomic E-state index is 14.3. The molecule has 0 aliphatic carbocycles. The van der Waals surface area contributed by atoms with E-state index in [1.165, 1.54) is 13.8 Å². The zero-order valence-electron chi connectivity index (χ0n) is 18.2. The van der Waals surface area contributed by atoms with Crippen LogP contribution in [0.25, 0.3) is 0 Å². The number of ether oxygens (including phenoxy) is 1. The number of para-hydroxylation sites is 1. The molecule has 1 atom stereocenters. The van der Waals surface area contributed by atoms with E-state index in [1.807, 2.05) is 0 Å². The van der Waals surface area contributed by atoms with Gasteiger partial charge in [0.05, 0.1) is 13.0 Å². The third-order valence-corrected chi connectivity index (χ3v) is 4.85. The van der Waals surface area contributed by atoms with Crippen molar-refractivity contribution in [1.29, 1.82) is 0 Å². The summed E-state index contributed by atoms with van der Waals surface area (Å²) in [6.07, 6.45) is -18.1. The third kappa shape index (κ3) is 5.39. The Morgan fingerprint density at radius 3 is 1.49 bits per heavy atom. The lowest BCUT2D eigenvalue weighted by Crippen LogP contribution is -2.70. The summed E-state index contributed by atoms with van der Waals surface area (Å²) in [6.45, 7) is 2.37. The maximum atomic E-state index is 14.3. The van der Waals surface area contributed by atoms with Crippen LogP contribution in [0, 0.1) is 5.92 Å². The van der Waals surface area contributed by atoms with Gasteiger partial charge in [-0.2, -0.15) is 70.2 Å². The lowest BCUT2D eigenvalue weighted by molar-refractivity contribution is -0.443. The minimum Gasteiger partial charge on any atom is -0.493 e. The smallest absolute Gasteiger partial charge is 0.460 e. The minimum absolute atomic E-state index is 0.169. The molecule has 1 N–H and O–H groups in total. The van der Waals surface area contributed by atoms with Gasteiger partial charge in [0.25, 0.3) is 0 Å². The quantitative estimate of drug-likeness (QED) is 0.289. The van der Waals surface area contributed by atoms with Gasteiger partial charge in [-0.25, -0.2) is 0 Å². The van der Waals surface area contributed by atoms with Crippen molar-refractivity contribution in [1.82, 2.24) is 0 Å². The van der Waals surface area contributed by atoms with Crippen molar-refractivity contribution in [2.75, 3.05) is 6.61 Å². The molecule has 0 radical (unpaired) electrons.